The number of benzene rings is 2. The summed E-state index contributed by atoms with van der Waals surface area (Å²) in [6.45, 7) is 0.480. The van der Waals surface area contributed by atoms with Crippen molar-refractivity contribution in [2.24, 2.45) is 11.7 Å². The molecule has 1 nitrogen and oxygen atoms in total. The van der Waals surface area contributed by atoms with Crippen LogP contribution in [0.25, 0.3) is 0 Å². The van der Waals surface area contributed by atoms with Gasteiger partial charge in [-0.05, 0) is 60.7 Å². The first kappa shape index (κ1) is 15.1. The van der Waals surface area contributed by atoms with Gasteiger partial charge in [0.15, 0.2) is 0 Å². The molecule has 0 saturated heterocycles. The predicted octanol–water partition coefficient (Wildman–Crippen LogP) is 4.09. The third-order valence-corrected chi connectivity index (χ3v) is 3.75. The molecule has 0 saturated carbocycles. The molecule has 0 spiro atoms. The van der Waals surface area contributed by atoms with Gasteiger partial charge in [0, 0.05) is 10.5 Å². The van der Waals surface area contributed by atoms with E-state index in [1.807, 2.05) is 24.3 Å². The minimum absolute atomic E-state index is 0.164. The van der Waals surface area contributed by atoms with E-state index in [4.69, 9.17) is 5.73 Å². The lowest BCUT2D eigenvalue weighted by molar-refractivity contribution is 0.524. The average molecular weight is 340 g/mol. The smallest absolute Gasteiger partial charge is 0.126 e. The van der Waals surface area contributed by atoms with Crippen molar-refractivity contribution < 1.29 is 8.78 Å². The average Bonchev–Trinajstić information content (AvgIpc) is 2.39. The van der Waals surface area contributed by atoms with E-state index < -0.39 is 11.6 Å². The minimum Gasteiger partial charge on any atom is -0.330 e. The molecule has 2 N–H and O–H groups in total. The minimum atomic E-state index is -0.542. The summed E-state index contributed by atoms with van der Waals surface area (Å²) in [6, 6.07) is 11.6. The highest BCUT2D eigenvalue weighted by Gasteiger charge is 2.11. The molecular weight excluding hydrogens is 324 g/mol. The zero-order valence-corrected chi connectivity index (χ0v) is 12.5. The number of halogens is 3. The van der Waals surface area contributed by atoms with Crippen LogP contribution in [0, 0.1) is 17.6 Å². The lowest BCUT2D eigenvalue weighted by Gasteiger charge is -2.15. The highest BCUT2D eigenvalue weighted by Crippen LogP contribution is 2.18. The van der Waals surface area contributed by atoms with Crippen molar-refractivity contribution in [3.05, 3.63) is 69.7 Å². The lowest BCUT2D eigenvalue weighted by atomic mass is 9.92. The van der Waals surface area contributed by atoms with Gasteiger partial charge in [-0.1, -0.05) is 28.1 Å². The van der Waals surface area contributed by atoms with E-state index in [0.717, 1.165) is 17.0 Å². The van der Waals surface area contributed by atoms with Crippen LogP contribution in [0.15, 0.2) is 46.9 Å². The molecule has 0 radical (unpaired) electrons. The fourth-order valence-corrected chi connectivity index (χ4v) is 2.52. The van der Waals surface area contributed by atoms with Crippen molar-refractivity contribution in [2.45, 2.75) is 12.8 Å². The van der Waals surface area contributed by atoms with Crippen LogP contribution in [0.4, 0.5) is 8.78 Å². The summed E-state index contributed by atoms with van der Waals surface area (Å²) in [4.78, 5) is 0. The molecule has 0 aromatic heterocycles. The Labute approximate surface area is 125 Å². The molecule has 0 aliphatic carbocycles. The highest BCUT2D eigenvalue weighted by atomic mass is 79.9. The third kappa shape index (κ3) is 4.39. The van der Waals surface area contributed by atoms with E-state index in [1.54, 1.807) is 0 Å². The van der Waals surface area contributed by atoms with Crippen LogP contribution in [-0.2, 0) is 12.8 Å². The Balaban J connectivity index is 2.06. The first-order chi connectivity index (χ1) is 9.56. The maximum Gasteiger partial charge on any atom is 0.126 e. The van der Waals surface area contributed by atoms with Gasteiger partial charge < -0.3 is 5.73 Å². The summed E-state index contributed by atoms with van der Waals surface area (Å²) >= 11 is 3.39. The molecule has 1 atom stereocenters. The Bertz CT molecular complexity index is 549. The molecule has 20 heavy (non-hydrogen) atoms. The van der Waals surface area contributed by atoms with Gasteiger partial charge in [0.2, 0.25) is 0 Å². The molecule has 0 heterocycles. The van der Waals surface area contributed by atoms with Gasteiger partial charge in [-0.15, -0.1) is 0 Å². The maximum atomic E-state index is 13.2. The second-order valence-corrected chi connectivity index (χ2v) is 5.83. The van der Waals surface area contributed by atoms with Crippen LogP contribution in [0.2, 0.25) is 0 Å². The Morgan fingerprint density at radius 3 is 2.00 bits per heavy atom. The zero-order chi connectivity index (χ0) is 14.5. The Morgan fingerprint density at radius 1 is 0.900 bits per heavy atom. The molecule has 0 aliphatic heterocycles. The number of hydrogen-bond acceptors (Lipinski definition) is 1. The van der Waals surface area contributed by atoms with Crippen molar-refractivity contribution in [3.63, 3.8) is 0 Å². The van der Waals surface area contributed by atoms with E-state index in [0.29, 0.717) is 18.5 Å². The first-order valence-electron chi connectivity index (χ1n) is 6.46. The molecule has 4 heteroatoms. The van der Waals surface area contributed by atoms with Gasteiger partial charge in [-0.2, -0.15) is 0 Å². The van der Waals surface area contributed by atoms with Crippen LogP contribution in [0.3, 0.4) is 0 Å². The largest absolute Gasteiger partial charge is 0.330 e. The lowest BCUT2D eigenvalue weighted by Crippen LogP contribution is -2.19. The Hall–Kier alpha value is -1.26. The summed E-state index contributed by atoms with van der Waals surface area (Å²) < 4.78 is 27.4. The van der Waals surface area contributed by atoms with Crippen molar-refractivity contribution in [1.29, 1.82) is 0 Å². The first-order valence-corrected chi connectivity index (χ1v) is 7.25. The normalized spacial score (nSPS) is 12.4. The molecule has 0 bridgehead atoms. The molecule has 2 rings (SSSR count). The molecule has 1 unspecified atom stereocenters. The number of nitrogens with two attached hydrogens (primary N) is 1. The summed E-state index contributed by atoms with van der Waals surface area (Å²) in [5, 5.41) is 0. The van der Waals surface area contributed by atoms with Crippen molar-refractivity contribution in [2.75, 3.05) is 6.54 Å². The Kier molecular flexibility index (Phi) is 5.26. The van der Waals surface area contributed by atoms with Gasteiger partial charge in [0.1, 0.15) is 11.6 Å². The van der Waals surface area contributed by atoms with E-state index in [2.05, 4.69) is 15.9 Å². The van der Waals surface area contributed by atoms with E-state index in [-0.39, 0.29) is 5.92 Å². The van der Waals surface area contributed by atoms with E-state index in [1.165, 1.54) is 17.7 Å². The summed E-state index contributed by atoms with van der Waals surface area (Å²) in [5.41, 5.74) is 7.59. The van der Waals surface area contributed by atoms with E-state index in [9.17, 15) is 8.78 Å². The monoisotopic (exact) mass is 339 g/mol. The van der Waals surface area contributed by atoms with Crippen LogP contribution >= 0.6 is 15.9 Å². The van der Waals surface area contributed by atoms with Gasteiger partial charge in [-0.25, -0.2) is 8.78 Å². The summed E-state index contributed by atoms with van der Waals surface area (Å²) in [6.07, 6.45) is 1.36. The highest BCUT2D eigenvalue weighted by molar-refractivity contribution is 9.10. The molecule has 2 aromatic rings. The number of rotatable bonds is 5. The van der Waals surface area contributed by atoms with Crippen molar-refractivity contribution in [1.82, 2.24) is 0 Å². The summed E-state index contributed by atoms with van der Waals surface area (Å²) in [5.74, 6) is -0.920. The van der Waals surface area contributed by atoms with Gasteiger partial charge in [0.05, 0.1) is 0 Å². The predicted molar refractivity (Wildman–Crippen MR) is 80.5 cm³/mol. The molecule has 0 amide bonds. The quantitative estimate of drug-likeness (QED) is 0.872. The van der Waals surface area contributed by atoms with Crippen molar-refractivity contribution in [3.8, 4) is 0 Å². The molecule has 106 valence electrons. The zero-order valence-electron chi connectivity index (χ0n) is 11.0. The fourth-order valence-electron chi connectivity index (χ4n) is 2.25. The summed E-state index contributed by atoms with van der Waals surface area (Å²) in [7, 11) is 0. The van der Waals surface area contributed by atoms with Crippen LogP contribution in [0.5, 0.6) is 0 Å². The standard InChI is InChI=1S/C16H16BrF2N/c17-14-3-1-11(2-4-14)5-13(10-20)6-12-7-15(18)9-16(19)8-12/h1-4,7-9,13H,5-6,10,20H2. The molecular formula is C16H16BrF2N. The SMILES string of the molecule is NCC(Cc1ccc(Br)cc1)Cc1cc(F)cc(F)c1. The van der Waals surface area contributed by atoms with Crippen LogP contribution < -0.4 is 5.73 Å². The fraction of sp³-hybridized carbons (Fsp3) is 0.250. The second kappa shape index (κ2) is 6.95. The van der Waals surface area contributed by atoms with Gasteiger partial charge >= 0.3 is 0 Å². The van der Waals surface area contributed by atoms with Crippen molar-refractivity contribution >= 4 is 15.9 Å². The topological polar surface area (TPSA) is 26.0 Å². The molecule has 0 fully saturated rings. The third-order valence-electron chi connectivity index (χ3n) is 3.22. The van der Waals surface area contributed by atoms with Gasteiger partial charge in [0.25, 0.3) is 0 Å². The van der Waals surface area contributed by atoms with Crippen LogP contribution in [0.1, 0.15) is 11.1 Å². The molecule has 0 aliphatic rings. The maximum absolute atomic E-state index is 13.2. The second-order valence-electron chi connectivity index (χ2n) is 4.91. The molecule has 2 aromatic carbocycles. The Morgan fingerprint density at radius 2 is 1.45 bits per heavy atom. The number of hydrogen-bond donors (Lipinski definition) is 1. The van der Waals surface area contributed by atoms with Crippen LogP contribution in [-0.4, -0.2) is 6.54 Å². The van der Waals surface area contributed by atoms with E-state index >= 15 is 0 Å². The van der Waals surface area contributed by atoms with Gasteiger partial charge in [-0.3, -0.25) is 0 Å².